The minimum absolute atomic E-state index is 0. The first-order valence-corrected chi connectivity index (χ1v) is 9.35. The molecule has 0 aromatic rings. The topological polar surface area (TPSA) is 93.7 Å². The normalized spacial score (nSPS) is 30.0. The van der Waals surface area contributed by atoms with Gasteiger partial charge in [-0.2, -0.15) is 0 Å². The Labute approximate surface area is 155 Å². The van der Waals surface area contributed by atoms with Gasteiger partial charge in [-0.15, -0.1) is 12.4 Å². The average Bonchev–Trinajstić information content (AvgIpc) is 3.24. The summed E-state index contributed by atoms with van der Waals surface area (Å²) in [6.45, 7) is 3.06. The van der Waals surface area contributed by atoms with E-state index in [-0.39, 0.29) is 42.3 Å². The molecule has 0 bridgehead atoms. The van der Waals surface area contributed by atoms with Crippen molar-refractivity contribution in [3.63, 3.8) is 0 Å². The van der Waals surface area contributed by atoms with Crippen molar-refractivity contribution < 1.29 is 14.7 Å². The molecular formula is C17H31ClN4O3. The molecule has 2 aliphatic heterocycles. The van der Waals surface area contributed by atoms with Crippen molar-refractivity contribution in [3.05, 3.63) is 0 Å². The summed E-state index contributed by atoms with van der Waals surface area (Å²) < 4.78 is 0. The SMILES string of the molecule is Cl.O=C(NCC1CNCC1O)C1CCCN(C(=O)NC2CCCC2)C1. The number of amides is 3. The molecule has 3 amide bonds. The van der Waals surface area contributed by atoms with Gasteiger partial charge in [0.25, 0.3) is 0 Å². The van der Waals surface area contributed by atoms with Gasteiger partial charge in [0.1, 0.15) is 0 Å². The highest BCUT2D eigenvalue weighted by molar-refractivity contribution is 5.85. The van der Waals surface area contributed by atoms with E-state index < -0.39 is 0 Å². The molecule has 1 saturated carbocycles. The molecule has 2 heterocycles. The molecule has 1 aliphatic carbocycles. The molecule has 4 N–H and O–H groups in total. The van der Waals surface area contributed by atoms with E-state index in [9.17, 15) is 14.7 Å². The van der Waals surface area contributed by atoms with Gasteiger partial charge in [-0.3, -0.25) is 4.79 Å². The summed E-state index contributed by atoms with van der Waals surface area (Å²) in [5.74, 6) is -0.0497. The monoisotopic (exact) mass is 374 g/mol. The van der Waals surface area contributed by atoms with Crippen molar-refractivity contribution in [3.8, 4) is 0 Å². The van der Waals surface area contributed by atoms with Gasteiger partial charge >= 0.3 is 6.03 Å². The Bertz CT molecular complexity index is 459. The first kappa shape index (κ1) is 20.3. The third-order valence-corrected chi connectivity index (χ3v) is 5.60. The molecule has 0 radical (unpaired) electrons. The molecule has 7 nitrogen and oxygen atoms in total. The number of piperidine rings is 1. The molecule has 3 aliphatic rings. The number of urea groups is 1. The summed E-state index contributed by atoms with van der Waals surface area (Å²) in [5, 5.41) is 19.0. The number of likely N-dealkylation sites (tertiary alicyclic amines) is 1. The highest BCUT2D eigenvalue weighted by Gasteiger charge is 2.31. The third kappa shape index (κ3) is 5.46. The Morgan fingerprint density at radius 2 is 1.88 bits per heavy atom. The van der Waals surface area contributed by atoms with Gasteiger partial charge in [0.15, 0.2) is 0 Å². The summed E-state index contributed by atoms with van der Waals surface area (Å²) in [5.41, 5.74) is 0. The van der Waals surface area contributed by atoms with Crippen LogP contribution >= 0.6 is 12.4 Å². The first-order chi connectivity index (χ1) is 11.6. The van der Waals surface area contributed by atoms with Crippen LogP contribution in [0.2, 0.25) is 0 Å². The highest BCUT2D eigenvalue weighted by Crippen LogP contribution is 2.20. The van der Waals surface area contributed by atoms with E-state index in [1.54, 1.807) is 4.90 Å². The van der Waals surface area contributed by atoms with Crippen LogP contribution in [0.1, 0.15) is 38.5 Å². The lowest BCUT2D eigenvalue weighted by molar-refractivity contribution is -0.126. The number of nitrogens with zero attached hydrogens (tertiary/aromatic N) is 1. The number of rotatable bonds is 4. The number of carbonyl (C=O) groups excluding carboxylic acids is 2. The van der Waals surface area contributed by atoms with Crippen LogP contribution in [0.3, 0.4) is 0 Å². The van der Waals surface area contributed by atoms with Gasteiger partial charge < -0.3 is 26.0 Å². The van der Waals surface area contributed by atoms with Crippen molar-refractivity contribution in [1.82, 2.24) is 20.9 Å². The summed E-state index contributed by atoms with van der Waals surface area (Å²) in [6, 6.07) is 0.290. The van der Waals surface area contributed by atoms with Gasteiger partial charge in [0, 0.05) is 44.7 Å². The fourth-order valence-corrected chi connectivity index (χ4v) is 4.02. The predicted molar refractivity (Wildman–Crippen MR) is 97.7 cm³/mol. The zero-order chi connectivity index (χ0) is 16.9. The molecule has 0 aromatic carbocycles. The minimum Gasteiger partial charge on any atom is -0.391 e. The van der Waals surface area contributed by atoms with Gasteiger partial charge in [0.2, 0.25) is 5.91 Å². The second-order valence-electron chi connectivity index (χ2n) is 7.45. The smallest absolute Gasteiger partial charge is 0.317 e. The average molecular weight is 375 g/mol. The number of hydrogen-bond acceptors (Lipinski definition) is 4. The van der Waals surface area contributed by atoms with Crippen LogP contribution in [-0.2, 0) is 4.79 Å². The second kappa shape index (κ2) is 9.59. The molecule has 144 valence electrons. The molecule has 2 saturated heterocycles. The number of aliphatic hydroxyl groups excluding tert-OH is 1. The van der Waals surface area contributed by atoms with Crippen molar-refractivity contribution in [1.29, 1.82) is 0 Å². The number of aliphatic hydroxyl groups is 1. The summed E-state index contributed by atoms with van der Waals surface area (Å²) in [7, 11) is 0. The van der Waals surface area contributed by atoms with E-state index in [2.05, 4.69) is 16.0 Å². The van der Waals surface area contributed by atoms with Crippen LogP contribution in [0.4, 0.5) is 4.79 Å². The summed E-state index contributed by atoms with van der Waals surface area (Å²) in [6.07, 6.45) is 5.83. The molecule has 25 heavy (non-hydrogen) atoms. The van der Waals surface area contributed by atoms with E-state index in [1.807, 2.05) is 0 Å². The Hall–Kier alpha value is -1.05. The predicted octanol–water partition coefficient (Wildman–Crippen LogP) is 0.469. The van der Waals surface area contributed by atoms with Crippen molar-refractivity contribution >= 4 is 24.3 Å². The zero-order valence-corrected chi connectivity index (χ0v) is 15.5. The van der Waals surface area contributed by atoms with Crippen LogP contribution in [0.25, 0.3) is 0 Å². The summed E-state index contributed by atoms with van der Waals surface area (Å²) in [4.78, 5) is 26.6. The van der Waals surface area contributed by atoms with Crippen molar-refractivity contribution in [2.45, 2.75) is 50.7 Å². The second-order valence-corrected chi connectivity index (χ2v) is 7.45. The highest BCUT2D eigenvalue weighted by atomic mass is 35.5. The van der Waals surface area contributed by atoms with Crippen LogP contribution in [0.5, 0.6) is 0 Å². The lowest BCUT2D eigenvalue weighted by atomic mass is 9.97. The van der Waals surface area contributed by atoms with Gasteiger partial charge in [-0.25, -0.2) is 4.79 Å². The van der Waals surface area contributed by atoms with Gasteiger partial charge in [-0.1, -0.05) is 12.8 Å². The zero-order valence-electron chi connectivity index (χ0n) is 14.7. The largest absolute Gasteiger partial charge is 0.391 e. The first-order valence-electron chi connectivity index (χ1n) is 9.35. The molecule has 3 rings (SSSR count). The molecule has 3 atom stereocenters. The van der Waals surface area contributed by atoms with E-state index in [1.165, 1.54) is 12.8 Å². The fourth-order valence-electron chi connectivity index (χ4n) is 4.02. The molecule has 0 aromatic heterocycles. The standard InChI is InChI=1S/C17H30N4O3.ClH/c22-15-10-18-8-13(15)9-19-16(23)12-4-3-7-21(11-12)17(24)20-14-5-1-2-6-14;/h12-15,18,22H,1-11H2,(H,19,23)(H,20,24);1H. The molecular weight excluding hydrogens is 344 g/mol. The van der Waals surface area contributed by atoms with Crippen LogP contribution in [-0.4, -0.2) is 66.8 Å². The lowest BCUT2D eigenvalue weighted by Crippen LogP contribution is -2.51. The van der Waals surface area contributed by atoms with E-state index in [0.29, 0.717) is 25.7 Å². The Morgan fingerprint density at radius 3 is 2.56 bits per heavy atom. The number of carbonyl (C=O) groups is 2. The molecule has 8 heteroatoms. The van der Waals surface area contributed by atoms with Crippen LogP contribution in [0.15, 0.2) is 0 Å². The molecule has 0 spiro atoms. The Morgan fingerprint density at radius 1 is 1.12 bits per heavy atom. The van der Waals surface area contributed by atoms with Crippen molar-refractivity contribution in [2.75, 3.05) is 32.7 Å². The van der Waals surface area contributed by atoms with Crippen molar-refractivity contribution in [2.24, 2.45) is 11.8 Å². The maximum atomic E-state index is 12.4. The van der Waals surface area contributed by atoms with E-state index in [4.69, 9.17) is 0 Å². The summed E-state index contributed by atoms with van der Waals surface area (Å²) >= 11 is 0. The minimum atomic E-state index is -0.384. The Kier molecular flexibility index (Phi) is 7.78. The molecule has 3 fully saturated rings. The maximum absolute atomic E-state index is 12.4. The van der Waals surface area contributed by atoms with E-state index in [0.717, 1.165) is 38.8 Å². The third-order valence-electron chi connectivity index (χ3n) is 5.60. The number of hydrogen-bond donors (Lipinski definition) is 4. The van der Waals surface area contributed by atoms with Crippen LogP contribution < -0.4 is 16.0 Å². The maximum Gasteiger partial charge on any atom is 0.317 e. The fraction of sp³-hybridized carbons (Fsp3) is 0.882. The van der Waals surface area contributed by atoms with Gasteiger partial charge in [0.05, 0.1) is 12.0 Å². The lowest BCUT2D eigenvalue weighted by Gasteiger charge is -2.33. The van der Waals surface area contributed by atoms with E-state index >= 15 is 0 Å². The van der Waals surface area contributed by atoms with Gasteiger partial charge in [-0.05, 0) is 25.7 Å². The number of β-amino-alcohol motifs (C(OH)–C–C–N with tert-alkyl or cyclic N) is 1. The Balaban J connectivity index is 0.00000225. The van der Waals surface area contributed by atoms with Crippen LogP contribution in [0, 0.1) is 11.8 Å². The molecule has 3 unspecified atom stereocenters. The number of nitrogens with one attached hydrogen (secondary N) is 3. The number of halogens is 1. The quantitative estimate of drug-likeness (QED) is 0.575.